The predicted molar refractivity (Wildman–Crippen MR) is 90.1 cm³/mol. The van der Waals surface area contributed by atoms with Crippen molar-refractivity contribution in [3.8, 4) is 5.75 Å². The van der Waals surface area contributed by atoms with E-state index in [4.69, 9.17) is 4.74 Å². The fourth-order valence-corrected chi connectivity index (χ4v) is 5.48. The third kappa shape index (κ3) is 3.58. The summed E-state index contributed by atoms with van der Waals surface area (Å²) < 4.78 is 57.4. The van der Waals surface area contributed by atoms with Gasteiger partial charge in [0, 0.05) is 26.2 Å². The Balaban J connectivity index is 1.83. The van der Waals surface area contributed by atoms with Gasteiger partial charge in [-0.3, -0.25) is 0 Å². The van der Waals surface area contributed by atoms with Crippen LogP contribution in [0.2, 0.25) is 0 Å². The molecule has 24 heavy (non-hydrogen) atoms. The molecule has 0 aromatic heterocycles. The van der Waals surface area contributed by atoms with E-state index in [1.54, 1.807) is 18.2 Å². The van der Waals surface area contributed by atoms with Crippen molar-refractivity contribution >= 4 is 20.0 Å². The number of benzene rings is 1. The lowest BCUT2D eigenvalue weighted by Crippen LogP contribution is -2.37. The van der Waals surface area contributed by atoms with Gasteiger partial charge in [0.2, 0.25) is 20.0 Å². The van der Waals surface area contributed by atoms with Gasteiger partial charge >= 0.3 is 0 Å². The highest BCUT2D eigenvalue weighted by Gasteiger charge is 2.30. The quantitative estimate of drug-likeness (QED) is 0.776. The molecule has 0 unspecified atom stereocenters. The van der Waals surface area contributed by atoms with Crippen molar-refractivity contribution in [1.82, 2.24) is 8.61 Å². The van der Waals surface area contributed by atoms with E-state index in [2.05, 4.69) is 0 Å². The maximum Gasteiger partial charge on any atom is 0.243 e. The molecule has 1 saturated heterocycles. The van der Waals surface area contributed by atoms with E-state index in [1.165, 1.54) is 8.61 Å². The van der Waals surface area contributed by atoms with E-state index in [-0.39, 0.29) is 18.0 Å². The zero-order valence-corrected chi connectivity index (χ0v) is 15.3. The number of aryl methyl sites for hydroxylation is 1. The summed E-state index contributed by atoms with van der Waals surface area (Å²) in [6, 6.07) is 4.96. The van der Waals surface area contributed by atoms with Crippen molar-refractivity contribution in [3.63, 3.8) is 0 Å². The average Bonchev–Trinajstić information content (AvgIpc) is 2.81. The van der Waals surface area contributed by atoms with Crippen LogP contribution in [0.3, 0.4) is 0 Å². The molecule has 0 aliphatic carbocycles. The number of rotatable bonds is 3. The number of hydrogen-bond donors (Lipinski definition) is 0. The van der Waals surface area contributed by atoms with E-state index in [9.17, 15) is 16.8 Å². The minimum absolute atomic E-state index is 0.170. The molecule has 0 saturated carbocycles. The van der Waals surface area contributed by atoms with Gasteiger partial charge in [0.1, 0.15) is 5.75 Å². The Hall–Kier alpha value is -1.16. The molecular formula is C15H22N2O5S2. The molecule has 1 aromatic carbocycles. The number of sulfonamides is 2. The Bertz CT molecular complexity index is 820. The largest absolute Gasteiger partial charge is 0.493 e. The van der Waals surface area contributed by atoms with Crippen LogP contribution in [-0.2, 0) is 26.5 Å². The first kappa shape index (κ1) is 17.7. The van der Waals surface area contributed by atoms with E-state index < -0.39 is 20.0 Å². The molecule has 0 N–H and O–H groups in total. The van der Waals surface area contributed by atoms with Crippen LogP contribution in [0.25, 0.3) is 0 Å². The van der Waals surface area contributed by atoms with Crippen molar-refractivity contribution < 1.29 is 21.6 Å². The molecule has 0 bridgehead atoms. The van der Waals surface area contributed by atoms with Gasteiger partial charge in [-0.2, -0.15) is 4.31 Å². The van der Waals surface area contributed by atoms with Crippen LogP contribution in [0, 0.1) is 0 Å². The predicted octanol–water partition coefficient (Wildman–Crippen LogP) is 0.668. The fourth-order valence-electron chi connectivity index (χ4n) is 3.09. The third-order valence-corrected chi connectivity index (χ3v) is 7.60. The first-order valence-electron chi connectivity index (χ1n) is 7.99. The molecule has 0 amide bonds. The molecule has 0 atom stereocenters. The van der Waals surface area contributed by atoms with Gasteiger partial charge in [-0.15, -0.1) is 0 Å². The monoisotopic (exact) mass is 374 g/mol. The van der Waals surface area contributed by atoms with Crippen molar-refractivity contribution in [2.24, 2.45) is 0 Å². The molecular weight excluding hydrogens is 352 g/mol. The molecule has 1 fully saturated rings. The average molecular weight is 374 g/mol. The van der Waals surface area contributed by atoms with E-state index >= 15 is 0 Å². The second-order valence-corrected chi connectivity index (χ2v) is 10.1. The zero-order valence-electron chi connectivity index (χ0n) is 13.6. The van der Waals surface area contributed by atoms with Gasteiger partial charge in [-0.05, 0) is 43.0 Å². The van der Waals surface area contributed by atoms with Crippen LogP contribution in [0.15, 0.2) is 23.1 Å². The van der Waals surface area contributed by atoms with Crippen molar-refractivity contribution in [3.05, 3.63) is 23.8 Å². The van der Waals surface area contributed by atoms with Crippen LogP contribution < -0.4 is 4.74 Å². The summed E-state index contributed by atoms with van der Waals surface area (Å²) in [6.07, 6.45) is 3.32. The maximum absolute atomic E-state index is 12.9. The molecule has 2 heterocycles. The van der Waals surface area contributed by atoms with Crippen LogP contribution in [0.1, 0.15) is 18.4 Å². The molecule has 2 aliphatic heterocycles. The second kappa shape index (κ2) is 6.62. The Morgan fingerprint density at radius 3 is 2.42 bits per heavy atom. The standard InChI is InChI=1S/C15H22N2O5S2/c1-23(18,19)16-7-3-8-17(10-9-16)24(20,21)14-5-6-15-13(12-14)4-2-11-22-15/h5-6,12H,2-4,7-11H2,1H3. The van der Waals surface area contributed by atoms with Crippen LogP contribution in [-0.4, -0.2) is 64.5 Å². The molecule has 7 nitrogen and oxygen atoms in total. The zero-order chi connectivity index (χ0) is 17.4. The smallest absolute Gasteiger partial charge is 0.243 e. The van der Waals surface area contributed by atoms with Gasteiger partial charge in [0.15, 0.2) is 0 Å². The van der Waals surface area contributed by atoms with Gasteiger partial charge in [0.25, 0.3) is 0 Å². The van der Waals surface area contributed by atoms with Crippen molar-refractivity contribution in [1.29, 1.82) is 0 Å². The maximum atomic E-state index is 12.9. The molecule has 1 aromatic rings. The van der Waals surface area contributed by atoms with Gasteiger partial charge < -0.3 is 4.74 Å². The summed E-state index contributed by atoms with van der Waals surface area (Å²) >= 11 is 0. The fraction of sp³-hybridized carbons (Fsp3) is 0.600. The van der Waals surface area contributed by atoms with Crippen LogP contribution >= 0.6 is 0 Å². The van der Waals surface area contributed by atoms with E-state index in [0.29, 0.717) is 26.1 Å². The normalized spacial score (nSPS) is 20.9. The number of nitrogens with zero attached hydrogens (tertiary/aromatic N) is 2. The van der Waals surface area contributed by atoms with Crippen LogP contribution in [0.4, 0.5) is 0 Å². The summed E-state index contributed by atoms with van der Waals surface area (Å²) in [5.74, 6) is 0.749. The number of hydrogen-bond acceptors (Lipinski definition) is 5. The summed E-state index contributed by atoms with van der Waals surface area (Å²) in [5, 5.41) is 0. The molecule has 9 heteroatoms. The summed E-state index contributed by atoms with van der Waals surface area (Å²) in [7, 11) is -6.93. The van der Waals surface area contributed by atoms with E-state index in [0.717, 1.165) is 30.4 Å². The van der Waals surface area contributed by atoms with Gasteiger partial charge in [-0.25, -0.2) is 21.1 Å². The van der Waals surface area contributed by atoms with Gasteiger partial charge in [0.05, 0.1) is 17.8 Å². The topological polar surface area (TPSA) is 84.0 Å². The van der Waals surface area contributed by atoms with Crippen LogP contribution in [0.5, 0.6) is 5.75 Å². The molecule has 2 aliphatic rings. The molecule has 0 spiro atoms. The molecule has 134 valence electrons. The van der Waals surface area contributed by atoms with Crippen molar-refractivity contribution in [2.45, 2.75) is 24.2 Å². The summed E-state index contributed by atoms with van der Waals surface area (Å²) in [5.41, 5.74) is 0.912. The van der Waals surface area contributed by atoms with E-state index in [1.807, 2.05) is 0 Å². The Kier molecular flexibility index (Phi) is 4.87. The number of ether oxygens (including phenoxy) is 1. The van der Waals surface area contributed by atoms with Gasteiger partial charge in [-0.1, -0.05) is 0 Å². The lowest BCUT2D eigenvalue weighted by Gasteiger charge is -2.22. The summed E-state index contributed by atoms with van der Waals surface area (Å²) in [4.78, 5) is 0.250. The Labute approximate surface area is 143 Å². The second-order valence-electron chi connectivity index (χ2n) is 6.14. The minimum Gasteiger partial charge on any atom is -0.493 e. The Morgan fingerprint density at radius 1 is 0.958 bits per heavy atom. The molecule has 3 rings (SSSR count). The molecule has 0 radical (unpaired) electrons. The lowest BCUT2D eigenvalue weighted by atomic mass is 10.1. The lowest BCUT2D eigenvalue weighted by molar-refractivity contribution is 0.288. The highest BCUT2D eigenvalue weighted by molar-refractivity contribution is 7.89. The third-order valence-electron chi connectivity index (χ3n) is 4.40. The highest BCUT2D eigenvalue weighted by Crippen LogP contribution is 2.29. The Morgan fingerprint density at radius 2 is 1.67 bits per heavy atom. The number of fused-ring (bicyclic) bond motifs is 1. The first-order valence-corrected chi connectivity index (χ1v) is 11.3. The SMILES string of the molecule is CS(=O)(=O)N1CCCN(S(=O)(=O)c2ccc3c(c2)CCCO3)CC1. The minimum atomic E-state index is -3.63. The first-order chi connectivity index (χ1) is 11.3. The highest BCUT2D eigenvalue weighted by atomic mass is 32.2. The summed E-state index contributed by atoms with van der Waals surface area (Å²) in [6.45, 7) is 1.69. The van der Waals surface area contributed by atoms with Crippen molar-refractivity contribution in [2.75, 3.05) is 39.0 Å².